The maximum Gasteiger partial charge on any atom is 0.264 e. The van der Waals surface area contributed by atoms with Crippen LogP contribution in [-0.4, -0.2) is 33.3 Å². The molecule has 0 aliphatic carbocycles. The number of benzene rings is 3. The van der Waals surface area contributed by atoms with Crippen LogP contribution in [0.3, 0.4) is 0 Å². The highest BCUT2D eigenvalue weighted by Gasteiger charge is 2.27. The van der Waals surface area contributed by atoms with E-state index in [1.807, 2.05) is 50.4 Å². The number of nitrogens with zero attached hydrogens (tertiary/aromatic N) is 2. The van der Waals surface area contributed by atoms with E-state index in [-0.39, 0.29) is 4.90 Å². The van der Waals surface area contributed by atoms with Gasteiger partial charge in [0.1, 0.15) is 6.54 Å². The average molecular weight is 502 g/mol. The SMILES string of the molecule is CSc1ccc(/C=N\NC(=O)CN(c2ccc(C)c(C)c2)S(=O)(=O)c2ccc(Cl)cc2)cc1. The molecule has 0 bridgehead atoms. The van der Waals surface area contributed by atoms with E-state index in [2.05, 4.69) is 10.5 Å². The minimum atomic E-state index is -4.02. The number of hydrogen-bond acceptors (Lipinski definition) is 5. The van der Waals surface area contributed by atoms with Gasteiger partial charge in [0.25, 0.3) is 15.9 Å². The molecule has 0 spiro atoms. The van der Waals surface area contributed by atoms with Crippen molar-refractivity contribution in [2.45, 2.75) is 23.6 Å². The molecule has 0 fully saturated rings. The van der Waals surface area contributed by atoms with Crippen molar-refractivity contribution in [3.05, 3.63) is 88.4 Å². The molecule has 1 N–H and O–H groups in total. The smallest absolute Gasteiger partial charge is 0.264 e. The largest absolute Gasteiger partial charge is 0.271 e. The van der Waals surface area contributed by atoms with Crippen molar-refractivity contribution in [3.63, 3.8) is 0 Å². The molecule has 3 aromatic carbocycles. The highest BCUT2D eigenvalue weighted by Crippen LogP contribution is 2.26. The first-order valence-electron chi connectivity index (χ1n) is 10.0. The van der Waals surface area contributed by atoms with Crippen LogP contribution in [0.25, 0.3) is 0 Å². The number of carbonyl (C=O) groups excluding carboxylic acids is 1. The number of sulfonamides is 1. The third-order valence-electron chi connectivity index (χ3n) is 4.99. The molecular formula is C24H24ClN3O3S2. The minimum absolute atomic E-state index is 0.0373. The number of amides is 1. The highest BCUT2D eigenvalue weighted by atomic mass is 35.5. The zero-order valence-corrected chi connectivity index (χ0v) is 20.8. The molecule has 33 heavy (non-hydrogen) atoms. The summed E-state index contributed by atoms with van der Waals surface area (Å²) in [5, 5.41) is 4.39. The summed E-state index contributed by atoms with van der Waals surface area (Å²) in [5.41, 5.74) is 5.55. The second-order valence-electron chi connectivity index (χ2n) is 7.30. The topological polar surface area (TPSA) is 78.8 Å². The molecule has 0 saturated carbocycles. The van der Waals surface area contributed by atoms with E-state index in [0.29, 0.717) is 10.7 Å². The number of thioether (sulfide) groups is 1. The number of hydrazone groups is 1. The standard InChI is InChI=1S/C24H24ClN3O3S2/c1-17-4-9-21(14-18(17)2)28(33(30,31)23-12-7-20(25)8-13-23)16-24(29)27-26-15-19-5-10-22(32-3)11-6-19/h4-15H,16H2,1-3H3,(H,27,29)/b26-15-. The lowest BCUT2D eigenvalue weighted by atomic mass is 10.1. The second kappa shape index (κ2) is 10.9. The van der Waals surface area contributed by atoms with Crippen molar-refractivity contribution in [2.24, 2.45) is 5.10 Å². The van der Waals surface area contributed by atoms with Gasteiger partial charge < -0.3 is 0 Å². The first-order valence-corrected chi connectivity index (χ1v) is 13.1. The zero-order valence-electron chi connectivity index (χ0n) is 18.4. The lowest BCUT2D eigenvalue weighted by molar-refractivity contribution is -0.119. The van der Waals surface area contributed by atoms with Gasteiger partial charge in [-0.05, 0) is 85.3 Å². The number of aryl methyl sites for hydroxylation is 2. The number of anilines is 1. The van der Waals surface area contributed by atoms with Gasteiger partial charge in [0.2, 0.25) is 0 Å². The Balaban J connectivity index is 1.84. The van der Waals surface area contributed by atoms with Crippen LogP contribution in [0, 0.1) is 13.8 Å². The van der Waals surface area contributed by atoms with Crippen molar-refractivity contribution in [1.29, 1.82) is 0 Å². The van der Waals surface area contributed by atoms with Gasteiger partial charge in [-0.3, -0.25) is 9.10 Å². The van der Waals surface area contributed by atoms with Crippen LogP contribution in [0.4, 0.5) is 5.69 Å². The lowest BCUT2D eigenvalue weighted by Gasteiger charge is -2.24. The first-order chi connectivity index (χ1) is 15.7. The molecule has 0 aliphatic rings. The number of hydrogen-bond donors (Lipinski definition) is 1. The van der Waals surface area contributed by atoms with E-state index in [0.717, 1.165) is 25.9 Å². The quantitative estimate of drug-likeness (QED) is 0.267. The van der Waals surface area contributed by atoms with Gasteiger partial charge in [0.15, 0.2) is 0 Å². The average Bonchev–Trinajstić information content (AvgIpc) is 2.80. The number of carbonyl (C=O) groups is 1. The molecule has 0 radical (unpaired) electrons. The fourth-order valence-corrected chi connectivity index (χ4v) is 4.91. The lowest BCUT2D eigenvalue weighted by Crippen LogP contribution is -2.39. The molecule has 1 amide bonds. The molecule has 0 saturated heterocycles. The minimum Gasteiger partial charge on any atom is -0.271 e. The van der Waals surface area contributed by atoms with Crippen LogP contribution in [0.1, 0.15) is 16.7 Å². The summed E-state index contributed by atoms with van der Waals surface area (Å²) in [4.78, 5) is 13.8. The monoisotopic (exact) mass is 501 g/mol. The fourth-order valence-electron chi connectivity index (χ4n) is 2.96. The maximum absolute atomic E-state index is 13.4. The summed E-state index contributed by atoms with van der Waals surface area (Å²) in [6, 6.07) is 18.7. The molecule has 9 heteroatoms. The Labute approximate surface area is 203 Å². The Bertz CT molecular complexity index is 1260. The molecule has 172 valence electrons. The Morgan fingerprint density at radius 2 is 1.70 bits per heavy atom. The Hall–Kier alpha value is -2.81. The molecule has 3 aromatic rings. The Kier molecular flexibility index (Phi) is 8.18. The van der Waals surface area contributed by atoms with E-state index in [9.17, 15) is 13.2 Å². The summed E-state index contributed by atoms with van der Waals surface area (Å²) in [6.45, 7) is 3.39. The van der Waals surface area contributed by atoms with Gasteiger partial charge in [-0.15, -0.1) is 11.8 Å². The van der Waals surface area contributed by atoms with E-state index >= 15 is 0 Å². The van der Waals surface area contributed by atoms with Crippen molar-refractivity contribution >= 4 is 51.2 Å². The van der Waals surface area contributed by atoms with Crippen LogP contribution in [0.15, 0.2) is 81.6 Å². The maximum atomic E-state index is 13.4. The van der Waals surface area contributed by atoms with E-state index in [1.165, 1.54) is 30.5 Å². The Morgan fingerprint density at radius 3 is 2.30 bits per heavy atom. The summed E-state index contributed by atoms with van der Waals surface area (Å²) in [7, 11) is -4.02. The van der Waals surface area contributed by atoms with Gasteiger partial charge >= 0.3 is 0 Å². The molecule has 0 atom stereocenters. The molecule has 0 aromatic heterocycles. The van der Waals surface area contributed by atoms with Crippen molar-refractivity contribution in [3.8, 4) is 0 Å². The predicted octanol–water partition coefficient (Wildman–Crippen LogP) is 5.02. The third kappa shape index (κ3) is 6.37. The Morgan fingerprint density at radius 1 is 1.03 bits per heavy atom. The number of halogens is 1. The van der Waals surface area contributed by atoms with Crippen LogP contribution < -0.4 is 9.73 Å². The second-order valence-corrected chi connectivity index (χ2v) is 10.5. The van der Waals surface area contributed by atoms with Gasteiger partial charge in [-0.25, -0.2) is 13.8 Å². The van der Waals surface area contributed by atoms with Crippen molar-refractivity contribution in [2.75, 3.05) is 17.1 Å². The van der Waals surface area contributed by atoms with Crippen LogP contribution in [0.2, 0.25) is 5.02 Å². The summed E-state index contributed by atoms with van der Waals surface area (Å²) >= 11 is 7.55. The summed E-state index contributed by atoms with van der Waals surface area (Å²) in [6.07, 6.45) is 3.50. The van der Waals surface area contributed by atoms with Crippen molar-refractivity contribution in [1.82, 2.24) is 5.43 Å². The van der Waals surface area contributed by atoms with E-state index in [4.69, 9.17) is 11.6 Å². The van der Waals surface area contributed by atoms with Crippen LogP contribution in [0.5, 0.6) is 0 Å². The van der Waals surface area contributed by atoms with E-state index in [1.54, 1.807) is 23.9 Å². The first kappa shape index (κ1) is 24.8. The molecule has 0 unspecified atom stereocenters. The molecule has 0 heterocycles. The molecule has 3 rings (SSSR count). The molecule has 6 nitrogen and oxygen atoms in total. The fraction of sp³-hybridized carbons (Fsp3) is 0.167. The van der Waals surface area contributed by atoms with Gasteiger partial charge in [-0.1, -0.05) is 29.8 Å². The van der Waals surface area contributed by atoms with Gasteiger partial charge in [0, 0.05) is 9.92 Å². The van der Waals surface area contributed by atoms with Crippen LogP contribution >= 0.6 is 23.4 Å². The predicted molar refractivity (Wildman–Crippen MR) is 136 cm³/mol. The third-order valence-corrected chi connectivity index (χ3v) is 7.77. The molecular weight excluding hydrogens is 478 g/mol. The normalized spacial score (nSPS) is 11.5. The van der Waals surface area contributed by atoms with Gasteiger partial charge in [-0.2, -0.15) is 5.10 Å². The number of nitrogens with one attached hydrogen (secondary N) is 1. The summed E-state index contributed by atoms with van der Waals surface area (Å²) in [5.74, 6) is -0.567. The van der Waals surface area contributed by atoms with Crippen molar-refractivity contribution < 1.29 is 13.2 Å². The number of rotatable bonds is 8. The van der Waals surface area contributed by atoms with Crippen LogP contribution in [-0.2, 0) is 14.8 Å². The highest BCUT2D eigenvalue weighted by molar-refractivity contribution is 7.98. The zero-order chi connectivity index (χ0) is 24.0. The molecule has 0 aliphatic heterocycles. The van der Waals surface area contributed by atoms with E-state index < -0.39 is 22.5 Å². The van der Waals surface area contributed by atoms with Gasteiger partial charge in [0.05, 0.1) is 16.8 Å². The summed E-state index contributed by atoms with van der Waals surface area (Å²) < 4.78 is 27.9.